The number of piperazine rings is 2. The summed E-state index contributed by atoms with van der Waals surface area (Å²) in [5.41, 5.74) is 6.25. The lowest BCUT2D eigenvalue weighted by Crippen LogP contribution is -2.49. The van der Waals surface area contributed by atoms with Crippen molar-refractivity contribution in [3.05, 3.63) is 126 Å². The monoisotopic (exact) mass is 773 g/mol. The summed E-state index contributed by atoms with van der Waals surface area (Å²) in [6.07, 6.45) is 2.87. The number of amides is 1. The number of benzene rings is 4. The van der Waals surface area contributed by atoms with E-state index in [4.69, 9.17) is 19.9 Å². The summed E-state index contributed by atoms with van der Waals surface area (Å²) in [7, 11) is 0. The molecule has 7 aromatic rings. The minimum absolute atomic E-state index is 0.156. The van der Waals surface area contributed by atoms with E-state index in [0.717, 1.165) is 76.4 Å². The maximum absolute atomic E-state index is 12.8. The van der Waals surface area contributed by atoms with Gasteiger partial charge in [0.2, 0.25) is 5.91 Å². The Kier molecular flexibility index (Phi) is 11.4. The van der Waals surface area contributed by atoms with Crippen molar-refractivity contribution in [2.75, 3.05) is 62.2 Å². The zero-order valence-corrected chi connectivity index (χ0v) is 32.8. The van der Waals surface area contributed by atoms with Gasteiger partial charge < -0.3 is 30.2 Å². The first-order valence-electron chi connectivity index (χ1n) is 19.8. The molecule has 0 radical (unpaired) electrons. The van der Waals surface area contributed by atoms with Crippen LogP contribution in [0.1, 0.15) is 23.2 Å². The molecule has 0 spiro atoms. The van der Waals surface area contributed by atoms with Crippen molar-refractivity contribution < 1.29 is 15.0 Å². The van der Waals surface area contributed by atoms with Crippen LogP contribution in [-0.4, -0.2) is 98.3 Å². The van der Waals surface area contributed by atoms with Crippen LogP contribution in [0.4, 0.5) is 11.6 Å². The molecule has 294 valence electrons. The van der Waals surface area contributed by atoms with Gasteiger partial charge in [0.1, 0.15) is 23.1 Å². The van der Waals surface area contributed by atoms with Gasteiger partial charge in [-0.1, -0.05) is 42.5 Å². The molecule has 12 nitrogen and oxygen atoms in total. The number of fused-ring (bicyclic) bond motifs is 2. The Morgan fingerprint density at radius 2 is 1.14 bits per heavy atom. The minimum Gasteiger partial charge on any atom is -0.507 e. The number of anilines is 2. The molecular formula is C46H47N9O3. The molecule has 3 N–H and O–H groups in total. The molecule has 0 unspecified atom stereocenters. The number of phenolic OH excluding ortho intramolecular Hbond substituents is 2. The van der Waals surface area contributed by atoms with Crippen molar-refractivity contribution in [2.24, 2.45) is 0 Å². The second kappa shape index (κ2) is 17.2. The molecule has 1 amide bonds. The Morgan fingerprint density at radius 3 is 1.66 bits per heavy atom. The van der Waals surface area contributed by atoms with Gasteiger partial charge in [-0.05, 0) is 92.1 Å². The fourth-order valence-electron chi connectivity index (χ4n) is 7.48. The number of aryl methyl sites for hydroxylation is 3. The average Bonchev–Trinajstić information content (AvgIpc) is 3.26. The molecule has 0 atom stereocenters. The van der Waals surface area contributed by atoms with Crippen molar-refractivity contribution in [3.8, 4) is 34.3 Å². The van der Waals surface area contributed by atoms with E-state index < -0.39 is 0 Å². The summed E-state index contributed by atoms with van der Waals surface area (Å²) in [4.78, 5) is 42.7. The van der Waals surface area contributed by atoms with E-state index in [1.165, 1.54) is 0 Å². The third-order valence-electron chi connectivity index (χ3n) is 10.6. The molecule has 12 heteroatoms. The average molecular weight is 774 g/mol. The molecule has 0 aliphatic carbocycles. The highest BCUT2D eigenvalue weighted by Crippen LogP contribution is 2.34. The van der Waals surface area contributed by atoms with Crippen molar-refractivity contribution in [1.82, 2.24) is 35.1 Å². The van der Waals surface area contributed by atoms with Gasteiger partial charge in [-0.25, -0.2) is 19.9 Å². The highest BCUT2D eigenvalue weighted by molar-refractivity contribution is 5.93. The van der Waals surface area contributed by atoms with E-state index in [0.29, 0.717) is 61.8 Å². The molecule has 2 aliphatic heterocycles. The van der Waals surface area contributed by atoms with Crippen molar-refractivity contribution >= 4 is 39.3 Å². The molecule has 58 heavy (non-hydrogen) atoms. The van der Waals surface area contributed by atoms with Gasteiger partial charge in [0.05, 0.1) is 22.2 Å². The first kappa shape index (κ1) is 38.2. The van der Waals surface area contributed by atoms with Crippen LogP contribution in [0.3, 0.4) is 0 Å². The van der Waals surface area contributed by atoms with Crippen LogP contribution in [0, 0.1) is 13.8 Å². The summed E-state index contributed by atoms with van der Waals surface area (Å²) in [6, 6.07) is 32.6. The topological polar surface area (TPSA) is 144 Å². The zero-order chi connectivity index (χ0) is 40.0. The van der Waals surface area contributed by atoms with E-state index in [-0.39, 0.29) is 17.4 Å². The third-order valence-corrected chi connectivity index (χ3v) is 10.6. The number of carbonyl (C=O) groups excluding carboxylic acids is 1. The third kappa shape index (κ3) is 8.52. The lowest BCUT2D eigenvalue weighted by atomic mass is 10.1. The van der Waals surface area contributed by atoms with E-state index in [1.807, 2.05) is 60.4 Å². The number of hydrogen-bond acceptors (Lipinski definition) is 11. The normalized spacial score (nSPS) is 14.3. The van der Waals surface area contributed by atoms with Crippen molar-refractivity contribution in [2.45, 2.75) is 26.7 Å². The van der Waals surface area contributed by atoms with Crippen molar-refractivity contribution in [1.29, 1.82) is 0 Å². The fraction of sp³-hybridized carbons (Fsp3) is 0.261. The number of hydrogen-bond donors (Lipinski definition) is 3. The van der Waals surface area contributed by atoms with Gasteiger partial charge in [0, 0.05) is 81.4 Å². The highest BCUT2D eigenvalue weighted by Gasteiger charge is 2.25. The quantitative estimate of drug-likeness (QED) is 0.159. The SMILES string of the molecule is Cc1ccc2c(N3CCN(C(=O)CCc4ccccn4)CC3)nc(-c3ccccc3O)nc2c1.Cc1ccc2c(N3CCNCC3)nc(-c3ccccc3O)nc2c1. The Balaban J connectivity index is 0.000000172. The highest BCUT2D eigenvalue weighted by atomic mass is 16.3. The Bertz CT molecular complexity index is 2550. The fourth-order valence-corrected chi connectivity index (χ4v) is 7.48. The summed E-state index contributed by atoms with van der Waals surface area (Å²) in [5, 5.41) is 26.0. The smallest absolute Gasteiger partial charge is 0.223 e. The van der Waals surface area contributed by atoms with E-state index in [2.05, 4.69) is 57.4 Å². The van der Waals surface area contributed by atoms with Gasteiger partial charge in [-0.3, -0.25) is 9.78 Å². The van der Waals surface area contributed by atoms with E-state index in [9.17, 15) is 15.0 Å². The standard InChI is InChI=1S/C27H27N5O2.C19H20N4O/c1-19-9-11-21-23(18-19)29-26(22-7-2-3-8-24(22)33)30-27(21)32-16-14-31(15-17-32)25(34)12-10-20-6-4-5-13-28-20;1-13-6-7-14-16(12-13)21-18(15-4-2-3-5-17(15)24)22-19(14)23-10-8-20-9-11-23/h2-9,11,13,18,33H,10,12,14-17H2,1H3;2-7,12,20,24H,8-11H2,1H3. The molecular weight excluding hydrogens is 727 g/mol. The second-order valence-corrected chi connectivity index (χ2v) is 14.7. The predicted molar refractivity (Wildman–Crippen MR) is 229 cm³/mol. The molecule has 5 heterocycles. The number of nitrogens with one attached hydrogen (secondary N) is 1. The van der Waals surface area contributed by atoms with Gasteiger partial charge in [0.15, 0.2) is 11.6 Å². The maximum atomic E-state index is 12.8. The summed E-state index contributed by atoms with van der Waals surface area (Å²) >= 11 is 0. The van der Waals surface area contributed by atoms with Gasteiger partial charge in [0.25, 0.3) is 0 Å². The molecule has 0 bridgehead atoms. The molecule has 0 saturated carbocycles. The van der Waals surface area contributed by atoms with Crippen LogP contribution in [0.25, 0.3) is 44.6 Å². The predicted octanol–water partition coefficient (Wildman–Crippen LogP) is 6.71. The Morgan fingerprint density at radius 1 is 0.621 bits per heavy atom. The number of para-hydroxylation sites is 2. The largest absolute Gasteiger partial charge is 0.507 e. The van der Waals surface area contributed by atoms with Crippen LogP contribution in [0.2, 0.25) is 0 Å². The molecule has 2 fully saturated rings. The maximum Gasteiger partial charge on any atom is 0.223 e. The number of rotatable bonds is 7. The first-order chi connectivity index (χ1) is 28.3. The molecule has 2 saturated heterocycles. The Labute approximate surface area is 337 Å². The number of aromatic hydroxyl groups is 2. The minimum atomic E-state index is 0.156. The summed E-state index contributed by atoms with van der Waals surface area (Å²) in [5.74, 6) is 3.37. The molecule has 4 aromatic carbocycles. The van der Waals surface area contributed by atoms with Crippen LogP contribution >= 0.6 is 0 Å². The first-order valence-corrected chi connectivity index (χ1v) is 19.8. The number of phenols is 2. The van der Waals surface area contributed by atoms with Gasteiger partial charge in [-0.2, -0.15) is 0 Å². The van der Waals surface area contributed by atoms with Gasteiger partial charge in [-0.15, -0.1) is 0 Å². The van der Waals surface area contributed by atoms with Crippen LogP contribution in [0.5, 0.6) is 11.5 Å². The summed E-state index contributed by atoms with van der Waals surface area (Å²) in [6.45, 7) is 10.5. The zero-order valence-electron chi connectivity index (χ0n) is 32.8. The summed E-state index contributed by atoms with van der Waals surface area (Å²) < 4.78 is 0. The van der Waals surface area contributed by atoms with Crippen LogP contribution in [0.15, 0.2) is 109 Å². The van der Waals surface area contributed by atoms with Crippen LogP contribution < -0.4 is 15.1 Å². The van der Waals surface area contributed by atoms with E-state index >= 15 is 0 Å². The second-order valence-electron chi connectivity index (χ2n) is 14.7. The molecule has 9 rings (SSSR count). The number of carbonyl (C=O) groups is 1. The number of nitrogens with zero attached hydrogens (tertiary/aromatic N) is 8. The van der Waals surface area contributed by atoms with Gasteiger partial charge >= 0.3 is 0 Å². The number of pyridine rings is 1. The molecule has 3 aromatic heterocycles. The van der Waals surface area contributed by atoms with Crippen molar-refractivity contribution in [3.63, 3.8) is 0 Å². The van der Waals surface area contributed by atoms with E-state index in [1.54, 1.807) is 30.5 Å². The Hall–Kier alpha value is -6.66. The lowest BCUT2D eigenvalue weighted by molar-refractivity contribution is -0.131. The van der Waals surface area contributed by atoms with Crippen LogP contribution in [-0.2, 0) is 11.2 Å². The lowest BCUT2D eigenvalue weighted by Gasteiger charge is -2.36. The molecule has 2 aliphatic rings. The number of aromatic nitrogens is 5.